The van der Waals surface area contributed by atoms with E-state index < -0.39 is 17.8 Å². The van der Waals surface area contributed by atoms with Gasteiger partial charge in [-0.2, -0.15) is 0 Å². The minimum Gasteiger partial charge on any atom is -0.507 e. The number of aromatic nitrogens is 2. The van der Waals surface area contributed by atoms with E-state index in [4.69, 9.17) is 0 Å². The van der Waals surface area contributed by atoms with E-state index in [0.29, 0.717) is 29.2 Å². The quantitative estimate of drug-likeness (QED) is 0.889. The Morgan fingerprint density at radius 2 is 2.04 bits per heavy atom. The van der Waals surface area contributed by atoms with Gasteiger partial charge in [0.25, 0.3) is 5.92 Å². The van der Waals surface area contributed by atoms with Crippen molar-refractivity contribution in [3.05, 3.63) is 35.6 Å². The van der Waals surface area contributed by atoms with Crippen molar-refractivity contribution in [2.45, 2.75) is 25.3 Å². The molecule has 5 nitrogen and oxygen atoms in total. The number of likely N-dealkylation sites (N-methyl/N-ethyl adjacent to an activating group) is 1. The maximum atomic E-state index is 13.7. The SMILES string of the molecule is Cc1cc(N[C@H]2CN(C)CC(F)(F)C2)nnc1-c1ccc(F)cc1O. The second-order valence-electron chi connectivity index (χ2n) is 6.52. The summed E-state index contributed by atoms with van der Waals surface area (Å²) in [6.07, 6.45) is -0.265. The number of piperidine rings is 1. The zero-order chi connectivity index (χ0) is 18.2. The molecule has 1 aliphatic heterocycles. The fraction of sp³-hybridized carbons (Fsp3) is 0.412. The molecular weight excluding hydrogens is 333 g/mol. The van der Waals surface area contributed by atoms with Gasteiger partial charge in [-0.1, -0.05) is 0 Å². The Bertz CT molecular complexity index is 784. The van der Waals surface area contributed by atoms with E-state index in [1.54, 1.807) is 24.9 Å². The molecule has 2 aromatic rings. The monoisotopic (exact) mass is 352 g/mol. The molecule has 2 heterocycles. The van der Waals surface area contributed by atoms with Crippen LogP contribution in [0.1, 0.15) is 12.0 Å². The maximum absolute atomic E-state index is 13.7. The average Bonchev–Trinajstić information content (AvgIpc) is 2.46. The molecule has 1 saturated heterocycles. The summed E-state index contributed by atoms with van der Waals surface area (Å²) in [6, 6.07) is 4.89. The Labute approximate surface area is 143 Å². The van der Waals surface area contributed by atoms with Gasteiger partial charge in [-0.05, 0) is 37.7 Å². The first kappa shape index (κ1) is 17.5. The zero-order valence-corrected chi connectivity index (χ0v) is 13.9. The normalized spacial score (nSPS) is 20.4. The van der Waals surface area contributed by atoms with E-state index in [1.165, 1.54) is 12.1 Å². The lowest BCUT2D eigenvalue weighted by atomic mass is 10.0. The van der Waals surface area contributed by atoms with Gasteiger partial charge in [0.15, 0.2) is 0 Å². The second-order valence-corrected chi connectivity index (χ2v) is 6.52. The van der Waals surface area contributed by atoms with Crippen molar-refractivity contribution < 1.29 is 18.3 Å². The predicted molar refractivity (Wildman–Crippen MR) is 88.3 cm³/mol. The highest BCUT2D eigenvalue weighted by atomic mass is 19.3. The summed E-state index contributed by atoms with van der Waals surface area (Å²) in [6.45, 7) is 2.00. The van der Waals surface area contributed by atoms with E-state index in [1.807, 2.05) is 0 Å². The van der Waals surface area contributed by atoms with Crippen LogP contribution in [0, 0.1) is 12.7 Å². The number of anilines is 1. The van der Waals surface area contributed by atoms with Crippen LogP contribution in [0.15, 0.2) is 24.3 Å². The topological polar surface area (TPSA) is 61.3 Å². The molecule has 0 unspecified atom stereocenters. The standard InChI is InChI=1S/C17H19F3N4O/c1-10-5-15(21-12-7-17(19,20)9-24(2)8-12)22-23-16(10)13-4-3-11(18)6-14(13)25/h3-6,12,25H,7-9H2,1-2H3,(H,21,22)/t12-/m1/s1. The van der Waals surface area contributed by atoms with Gasteiger partial charge in [-0.3, -0.25) is 4.90 Å². The second kappa shape index (κ2) is 6.51. The molecule has 0 spiro atoms. The largest absolute Gasteiger partial charge is 0.507 e. The lowest BCUT2D eigenvalue weighted by Crippen LogP contribution is -2.50. The third-order valence-corrected chi connectivity index (χ3v) is 4.13. The molecule has 0 radical (unpaired) electrons. The number of aryl methyl sites for hydroxylation is 1. The number of hydrogen-bond acceptors (Lipinski definition) is 5. The summed E-state index contributed by atoms with van der Waals surface area (Å²) in [5.74, 6) is -3.13. The van der Waals surface area contributed by atoms with Crippen LogP contribution in [-0.2, 0) is 0 Å². The van der Waals surface area contributed by atoms with Crippen molar-refractivity contribution in [2.24, 2.45) is 0 Å². The highest BCUT2D eigenvalue weighted by Crippen LogP contribution is 2.31. The fourth-order valence-corrected chi connectivity index (χ4v) is 3.16. The van der Waals surface area contributed by atoms with Crippen molar-refractivity contribution in [2.75, 3.05) is 25.5 Å². The first-order chi connectivity index (χ1) is 11.7. The predicted octanol–water partition coefficient (Wildman–Crippen LogP) is 3.05. The molecule has 25 heavy (non-hydrogen) atoms. The molecule has 1 aromatic carbocycles. The van der Waals surface area contributed by atoms with E-state index >= 15 is 0 Å². The van der Waals surface area contributed by atoms with E-state index in [-0.39, 0.29) is 18.7 Å². The van der Waals surface area contributed by atoms with Gasteiger partial charge >= 0.3 is 0 Å². The summed E-state index contributed by atoms with van der Waals surface area (Å²) in [5, 5.41) is 20.9. The van der Waals surface area contributed by atoms with Gasteiger partial charge in [0, 0.05) is 30.6 Å². The summed E-state index contributed by atoms with van der Waals surface area (Å²) in [4.78, 5) is 1.58. The van der Waals surface area contributed by atoms with Crippen LogP contribution in [-0.4, -0.2) is 52.3 Å². The van der Waals surface area contributed by atoms with Crippen LogP contribution in [0.5, 0.6) is 5.75 Å². The first-order valence-corrected chi connectivity index (χ1v) is 7.90. The number of phenolic OH excluding ortho intramolecular Hbond substituents is 1. The smallest absolute Gasteiger partial charge is 0.262 e. The summed E-state index contributed by atoms with van der Waals surface area (Å²) in [7, 11) is 1.65. The first-order valence-electron chi connectivity index (χ1n) is 7.90. The minimum atomic E-state index is -2.74. The lowest BCUT2D eigenvalue weighted by Gasteiger charge is -2.35. The van der Waals surface area contributed by atoms with E-state index in [9.17, 15) is 18.3 Å². The highest BCUT2D eigenvalue weighted by Gasteiger charge is 2.39. The molecule has 1 fully saturated rings. The average molecular weight is 352 g/mol. The number of nitrogens with one attached hydrogen (secondary N) is 1. The van der Waals surface area contributed by atoms with Crippen molar-refractivity contribution in [3.8, 4) is 17.0 Å². The van der Waals surface area contributed by atoms with Crippen LogP contribution < -0.4 is 5.32 Å². The third-order valence-electron chi connectivity index (χ3n) is 4.13. The Morgan fingerprint density at radius 1 is 1.28 bits per heavy atom. The van der Waals surface area contributed by atoms with Crippen LogP contribution in [0.2, 0.25) is 0 Å². The van der Waals surface area contributed by atoms with Gasteiger partial charge < -0.3 is 10.4 Å². The number of likely N-dealkylation sites (tertiary alicyclic amines) is 1. The third kappa shape index (κ3) is 4.01. The molecule has 1 atom stereocenters. The molecule has 1 aliphatic rings. The molecule has 0 saturated carbocycles. The minimum absolute atomic E-state index is 0.230. The highest BCUT2D eigenvalue weighted by molar-refractivity contribution is 5.69. The Hall–Kier alpha value is -2.35. The number of hydrogen-bond donors (Lipinski definition) is 2. The molecule has 1 aromatic heterocycles. The molecule has 2 N–H and O–H groups in total. The number of rotatable bonds is 3. The fourth-order valence-electron chi connectivity index (χ4n) is 3.16. The Balaban J connectivity index is 1.80. The Kier molecular flexibility index (Phi) is 4.55. The van der Waals surface area contributed by atoms with Gasteiger partial charge in [-0.15, -0.1) is 10.2 Å². The van der Waals surface area contributed by atoms with Crippen molar-refractivity contribution in [1.29, 1.82) is 0 Å². The number of halogens is 3. The summed E-state index contributed by atoms with van der Waals surface area (Å²) >= 11 is 0. The zero-order valence-electron chi connectivity index (χ0n) is 13.9. The Morgan fingerprint density at radius 3 is 2.68 bits per heavy atom. The van der Waals surface area contributed by atoms with Gasteiger partial charge in [0.2, 0.25) is 0 Å². The molecule has 0 bridgehead atoms. The van der Waals surface area contributed by atoms with Gasteiger partial charge in [0.05, 0.1) is 12.2 Å². The molecule has 134 valence electrons. The number of benzene rings is 1. The molecule has 0 amide bonds. The summed E-state index contributed by atoms with van der Waals surface area (Å²) in [5.41, 5.74) is 1.46. The number of alkyl halides is 2. The van der Waals surface area contributed by atoms with Gasteiger partial charge in [-0.25, -0.2) is 13.2 Å². The number of phenols is 1. The maximum Gasteiger partial charge on any atom is 0.262 e. The lowest BCUT2D eigenvalue weighted by molar-refractivity contribution is -0.0611. The molecule has 8 heteroatoms. The van der Waals surface area contributed by atoms with Crippen molar-refractivity contribution >= 4 is 5.82 Å². The molecule has 0 aliphatic carbocycles. The van der Waals surface area contributed by atoms with Crippen LogP contribution in [0.4, 0.5) is 19.0 Å². The van der Waals surface area contributed by atoms with Crippen LogP contribution in [0.25, 0.3) is 11.3 Å². The molecule has 3 rings (SSSR count). The van der Waals surface area contributed by atoms with Crippen LogP contribution >= 0.6 is 0 Å². The number of nitrogens with zero attached hydrogens (tertiary/aromatic N) is 3. The van der Waals surface area contributed by atoms with E-state index in [0.717, 1.165) is 6.07 Å². The summed E-state index contributed by atoms with van der Waals surface area (Å²) < 4.78 is 40.5. The van der Waals surface area contributed by atoms with Gasteiger partial charge in [0.1, 0.15) is 17.4 Å². The molecular formula is C17H19F3N4O. The van der Waals surface area contributed by atoms with Crippen molar-refractivity contribution in [3.63, 3.8) is 0 Å². The van der Waals surface area contributed by atoms with Crippen molar-refractivity contribution in [1.82, 2.24) is 15.1 Å². The van der Waals surface area contributed by atoms with Crippen LogP contribution in [0.3, 0.4) is 0 Å². The van der Waals surface area contributed by atoms with E-state index in [2.05, 4.69) is 15.5 Å². The number of aromatic hydroxyl groups is 1.